The molecule has 2 fully saturated rings. The van der Waals surface area contributed by atoms with Crippen molar-refractivity contribution in [3.05, 3.63) is 22.4 Å². The summed E-state index contributed by atoms with van der Waals surface area (Å²) in [5, 5.41) is 7.98. The molecule has 0 aromatic carbocycles. The van der Waals surface area contributed by atoms with Gasteiger partial charge in [-0.1, -0.05) is 0 Å². The Labute approximate surface area is 178 Å². The highest BCUT2D eigenvalue weighted by atomic mass is 127. The van der Waals surface area contributed by atoms with Crippen LogP contribution in [-0.4, -0.2) is 93.8 Å². The van der Waals surface area contributed by atoms with Crippen molar-refractivity contribution in [3.63, 3.8) is 0 Å². The number of likely N-dealkylation sites (tertiary alicyclic amines) is 1. The summed E-state index contributed by atoms with van der Waals surface area (Å²) < 4.78 is 5.48. The first kappa shape index (κ1) is 21.9. The van der Waals surface area contributed by atoms with Crippen LogP contribution in [0.2, 0.25) is 0 Å². The van der Waals surface area contributed by atoms with E-state index in [1.54, 1.807) is 11.3 Å². The monoisotopic (exact) mass is 493 g/mol. The first-order valence-corrected chi connectivity index (χ1v) is 10.1. The van der Waals surface area contributed by atoms with E-state index in [9.17, 15) is 0 Å². The van der Waals surface area contributed by atoms with Crippen molar-refractivity contribution in [2.24, 2.45) is 4.99 Å². The van der Waals surface area contributed by atoms with E-state index in [1.165, 1.54) is 12.0 Å². The van der Waals surface area contributed by atoms with Crippen molar-refractivity contribution in [1.29, 1.82) is 0 Å². The van der Waals surface area contributed by atoms with Crippen LogP contribution in [0.3, 0.4) is 0 Å². The first-order chi connectivity index (χ1) is 12.2. The number of guanidine groups is 1. The smallest absolute Gasteiger partial charge is 0.193 e. The number of halogens is 1. The Kier molecular flexibility index (Phi) is 9.08. The van der Waals surface area contributed by atoms with Gasteiger partial charge < -0.3 is 19.9 Å². The molecule has 0 spiro atoms. The van der Waals surface area contributed by atoms with Crippen LogP contribution in [0.4, 0.5) is 0 Å². The fourth-order valence-electron chi connectivity index (χ4n) is 3.76. The molecule has 2 saturated heterocycles. The number of likely N-dealkylation sites (N-methyl/N-ethyl adjacent to an activating group) is 1. The lowest BCUT2D eigenvalue weighted by molar-refractivity contribution is 0.0195. The van der Waals surface area contributed by atoms with Gasteiger partial charge in [0.2, 0.25) is 0 Å². The summed E-state index contributed by atoms with van der Waals surface area (Å²) in [6, 6.07) is 3.20. The molecule has 8 heteroatoms. The molecule has 0 aliphatic carbocycles. The Morgan fingerprint density at radius 2 is 2.15 bits per heavy atom. The second kappa shape index (κ2) is 10.8. The van der Waals surface area contributed by atoms with Gasteiger partial charge in [0.1, 0.15) is 0 Å². The molecule has 0 bridgehead atoms. The summed E-state index contributed by atoms with van der Waals surface area (Å²) in [4.78, 5) is 11.8. The molecule has 2 aliphatic rings. The third kappa shape index (κ3) is 5.54. The molecule has 2 atom stereocenters. The molecule has 3 heterocycles. The fraction of sp³-hybridized carbons (Fsp3) is 0.722. The molecular formula is C18H32IN5OS. The average molecular weight is 493 g/mol. The van der Waals surface area contributed by atoms with E-state index < -0.39 is 0 Å². The van der Waals surface area contributed by atoms with Crippen molar-refractivity contribution < 1.29 is 4.74 Å². The van der Waals surface area contributed by atoms with Crippen LogP contribution in [0, 0.1) is 0 Å². The van der Waals surface area contributed by atoms with Crippen LogP contribution in [0.5, 0.6) is 0 Å². The number of morpholine rings is 1. The van der Waals surface area contributed by atoms with Crippen LogP contribution in [-0.2, 0) is 4.74 Å². The van der Waals surface area contributed by atoms with Gasteiger partial charge in [-0.15, -0.1) is 24.0 Å². The zero-order valence-corrected chi connectivity index (χ0v) is 19.2. The van der Waals surface area contributed by atoms with E-state index in [4.69, 9.17) is 4.74 Å². The quantitative estimate of drug-likeness (QED) is 0.386. The van der Waals surface area contributed by atoms with Gasteiger partial charge >= 0.3 is 0 Å². The minimum Gasteiger partial charge on any atom is -0.379 e. The minimum absolute atomic E-state index is 0. The first-order valence-electron chi connectivity index (χ1n) is 9.15. The third-order valence-corrected chi connectivity index (χ3v) is 5.94. The van der Waals surface area contributed by atoms with Gasteiger partial charge in [0.15, 0.2) is 5.96 Å². The maximum absolute atomic E-state index is 5.48. The number of nitrogens with zero attached hydrogens (tertiary/aromatic N) is 4. The average Bonchev–Trinajstić information content (AvgIpc) is 3.31. The lowest BCUT2D eigenvalue weighted by Gasteiger charge is -2.32. The van der Waals surface area contributed by atoms with Gasteiger partial charge in [0.25, 0.3) is 0 Å². The van der Waals surface area contributed by atoms with Crippen molar-refractivity contribution >= 4 is 41.3 Å². The Hall–Kier alpha value is -0.420. The number of nitrogens with one attached hydrogen (secondary N) is 1. The van der Waals surface area contributed by atoms with Gasteiger partial charge in [-0.2, -0.15) is 11.3 Å². The number of hydrogen-bond acceptors (Lipinski definition) is 5. The molecule has 0 amide bonds. The number of thiophene rings is 1. The summed E-state index contributed by atoms with van der Waals surface area (Å²) in [6.45, 7) is 6.87. The largest absolute Gasteiger partial charge is 0.379 e. The summed E-state index contributed by atoms with van der Waals surface area (Å²) in [5.74, 6) is 1.03. The molecule has 0 saturated carbocycles. The lowest BCUT2D eigenvalue weighted by Crippen LogP contribution is -2.47. The van der Waals surface area contributed by atoms with Crippen LogP contribution < -0.4 is 5.32 Å². The summed E-state index contributed by atoms with van der Waals surface area (Å²) >= 11 is 1.76. The Bertz CT molecular complexity index is 548. The standard InChI is InChI=1S/C18H31N5OS.HI/c1-19-18(20-12-17(21(2)3)15-5-11-25-14-15)23-6-4-16(13-23)22-7-9-24-10-8-22;/h5,11,14,16-17H,4,6-10,12-13H2,1-3H3,(H,19,20);1H. The van der Waals surface area contributed by atoms with E-state index >= 15 is 0 Å². The number of rotatable bonds is 5. The van der Waals surface area contributed by atoms with Crippen molar-refractivity contribution in [2.45, 2.75) is 18.5 Å². The second-order valence-corrected chi connectivity index (χ2v) is 7.78. The second-order valence-electron chi connectivity index (χ2n) is 7.00. The van der Waals surface area contributed by atoms with Crippen molar-refractivity contribution in [2.75, 3.05) is 67.1 Å². The molecule has 0 radical (unpaired) electrons. The highest BCUT2D eigenvalue weighted by Gasteiger charge is 2.30. The predicted molar refractivity (Wildman–Crippen MR) is 120 cm³/mol. The van der Waals surface area contributed by atoms with E-state index in [0.717, 1.165) is 51.9 Å². The van der Waals surface area contributed by atoms with E-state index in [2.05, 4.69) is 55.9 Å². The molecule has 1 N–H and O–H groups in total. The molecule has 1 aromatic heterocycles. The van der Waals surface area contributed by atoms with Gasteiger partial charge in [-0.25, -0.2) is 0 Å². The van der Waals surface area contributed by atoms with Crippen LogP contribution in [0.1, 0.15) is 18.0 Å². The maximum atomic E-state index is 5.48. The molecular weight excluding hydrogens is 461 g/mol. The zero-order chi connectivity index (χ0) is 17.6. The molecule has 6 nitrogen and oxygen atoms in total. The zero-order valence-electron chi connectivity index (χ0n) is 16.1. The van der Waals surface area contributed by atoms with Crippen LogP contribution >= 0.6 is 35.3 Å². The van der Waals surface area contributed by atoms with Gasteiger partial charge in [-0.3, -0.25) is 9.89 Å². The molecule has 2 unspecified atom stereocenters. The number of ether oxygens (including phenoxy) is 1. The third-order valence-electron chi connectivity index (χ3n) is 5.24. The minimum atomic E-state index is 0. The molecule has 26 heavy (non-hydrogen) atoms. The Morgan fingerprint density at radius 1 is 1.38 bits per heavy atom. The van der Waals surface area contributed by atoms with E-state index in [-0.39, 0.29) is 24.0 Å². The Balaban J connectivity index is 0.00000243. The molecule has 1 aromatic rings. The predicted octanol–water partition coefficient (Wildman–Crippen LogP) is 1.95. The summed E-state index contributed by atoms with van der Waals surface area (Å²) in [6.07, 6.45) is 1.21. The van der Waals surface area contributed by atoms with Gasteiger partial charge in [0.05, 0.1) is 19.3 Å². The fourth-order valence-corrected chi connectivity index (χ4v) is 4.47. The normalized spacial score (nSPS) is 23.2. The van der Waals surface area contributed by atoms with Crippen molar-refractivity contribution in [3.8, 4) is 0 Å². The van der Waals surface area contributed by atoms with Gasteiger partial charge in [0, 0.05) is 45.8 Å². The lowest BCUT2D eigenvalue weighted by atomic mass is 10.1. The van der Waals surface area contributed by atoms with Gasteiger partial charge in [-0.05, 0) is 42.9 Å². The number of aliphatic imine (C=N–C) groups is 1. The highest BCUT2D eigenvalue weighted by Crippen LogP contribution is 2.21. The molecule has 3 rings (SSSR count). The highest BCUT2D eigenvalue weighted by molar-refractivity contribution is 14.0. The van der Waals surface area contributed by atoms with Crippen LogP contribution in [0.25, 0.3) is 0 Å². The topological polar surface area (TPSA) is 43.3 Å². The SMILES string of the molecule is CN=C(NCC(c1ccsc1)N(C)C)N1CCC(N2CCOCC2)C1.I. The van der Waals surface area contributed by atoms with Crippen LogP contribution in [0.15, 0.2) is 21.8 Å². The maximum Gasteiger partial charge on any atom is 0.193 e. The van der Waals surface area contributed by atoms with E-state index in [1.807, 2.05) is 7.05 Å². The molecule has 148 valence electrons. The summed E-state index contributed by atoms with van der Waals surface area (Å²) in [7, 11) is 6.16. The summed E-state index contributed by atoms with van der Waals surface area (Å²) in [5.41, 5.74) is 1.37. The number of hydrogen-bond donors (Lipinski definition) is 1. The van der Waals surface area contributed by atoms with E-state index in [0.29, 0.717) is 12.1 Å². The van der Waals surface area contributed by atoms with Crippen molar-refractivity contribution in [1.82, 2.24) is 20.0 Å². The molecule has 2 aliphatic heterocycles. The Morgan fingerprint density at radius 3 is 2.77 bits per heavy atom.